The maximum absolute atomic E-state index is 13.2. The molecular formula is C24H32N2O5. The zero-order valence-corrected chi connectivity index (χ0v) is 18.1. The second kappa shape index (κ2) is 11.1. The van der Waals surface area contributed by atoms with Gasteiger partial charge in [0.25, 0.3) is 0 Å². The highest BCUT2D eigenvalue weighted by atomic mass is 16.5. The number of aliphatic hydroxyl groups is 1. The van der Waals surface area contributed by atoms with Crippen molar-refractivity contribution in [2.24, 2.45) is 5.92 Å². The summed E-state index contributed by atoms with van der Waals surface area (Å²) in [6.45, 7) is 2.23. The summed E-state index contributed by atoms with van der Waals surface area (Å²) >= 11 is 0. The lowest BCUT2D eigenvalue weighted by atomic mass is 9.92. The summed E-state index contributed by atoms with van der Waals surface area (Å²) in [6.07, 6.45) is 6.77. The number of hydrogen-bond acceptors (Lipinski definition) is 5. The van der Waals surface area contributed by atoms with Crippen LogP contribution in [-0.2, 0) is 32.1 Å². The maximum atomic E-state index is 13.2. The van der Waals surface area contributed by atoms with Crippen molar-refractivity contribution in [2.45, 2.75) is 64.1 Å². The Morgan fingerprint density at radius 3 is 2.77 bits per heavy atom. The van der Waals surface area contributed by atoms with Crippen LogP contribution in [-0.4, -0.2) is 53.1 Å². The van der Waals surface area contributed by atoms with Gasteiger partial charge in [0, 0.05) is 19.4 Å². The summed E-state index contributed by atoms with van der Waals surface area (Å²) in [7, 11) is 0. The molecule has 0 bridgehead atoms. The number of rotatable bonds is 3. The third-order valence-corrected chi connectivity index (χ3v) is 5.90. The molecule has 0 aromatic heterocycles. The van der Waals surface area contributed by atoms with Crippen molar-refractivity contribution in [3.8, 4) is 0 Å². The Morgan fingerprint density at radius 2 is 2.00 bits per heavy atom. The molecule has 2 aliphatic heterocycles. The van der Waals surface area contributed by atoms with E-state index < -0.39 is 5.92 Å². The highest BCUT2D eigenvalue weighted by molar-refractivity contribution is 5.86. The van der Waals surface area contributed by atoms with E-state index in [4.69, 9.17) is 4.74 Å². The number of allylic oxidation sites excluding steroid dienone is 2. The Balaban J connectivity index is 1.70. The van der Waals surface area contributed by atoms with Crippen LogP contribution in [0.2, 0.25) is 0 Å². The van der Waals surface area contributed by atoms with E-state index in [0.29, 0.717) is 32.2 Å². The number of nitrogens with one attached hydrogen (secondary N) is 1. The van der Waals surface area contributed by atoms with Gasteiger partial charge in [0.15, 0.2) is 0 Å². The highest BCUT2D eigenvalue weighted by Crippen LogP contribution is 2.25. The minimum Gasteiger partial charge on any atom is -0.464 e. The number of hydrogen-bond donors (Lipinski definition) is 2. The van der Waals surface area contributed by atoms with Gasteiger partial charge in [-0.3, -0.25) is 14.4 Å². The summed E-state index contributed by atoms with van der Waals surface area (Å²) in [5.74, 6) is -1.13. The van der Waals surface area contributed by atoms with Crippen LogP contribution < -0.4 is 5.32 Å². The Bertz CT molecular complexity index is 822. The zero-order chi connectivity index (χ0) is 22.2. The molecule has 2 heterocycles. The molecule has 7 heteroatoms. The van der Waals surface area contributed by atoms with Crippen molar-refractivity contribution < 1.29 is 24.2 Å². The summed E-state index contributed by atoms with van der Waals surface area (Å²) in [6, 6.07) is 7.33. The number of esters is 1. The fourth-order valence-corrected chi connectivity index (χ4v) is 4.09. The normalized spacial score (nSPS) is 25.4. The number of aliphatic hydroxyl groups excluding tert-OH is 1. The largest absolute Gasteiger partial charge is 0.464 e. The number of cyclic esters (lactones) is 1. The summed E-state index contributed by atoms with van der Waals surface area (Å²) in [4.78, 5) is 39.5. The molecule has 0 saturated carbocycles. The smallest absolute Gasteiger partial charge is 0.305 e. The Hall–Kier alpha value is -2.67. The number of carbonyl (C=O) groups is 3. The second-order valence-electron chi connectivity index (χ2n) is 8.42. The lowest BCUT2D eigenvalue weighted by Crippen LogP contribution is -2.48. The number of benzene rings is 1. The summed E-state index contributed by atoms with van der Waals surface area (Å²) in [5.41, 5.74) is 2.23. The Morgan fingerprint density at radius 1 is 1.23 bits per heavy atom. The van der Waals surface area contributed by atoms with Gasteiger partial charge >= 0.3 is 5.97 Å². The van der Waals surface area contributed by atoms with E-state index in [-0.39, 0.29) is 49.5 Å². The molecule has 2 aliphatic rings. The van der Waals surface area contributed by atoms with Crippen molar-refractivity contribution in [1.29, 1.82) is 0 Å². The fraction of sp³-hybridized carbons (Fsp3) is 0.542. The molecule has 1 aromatic rings. The van der Waals surface area contributed by atoms with Gasteiger partial charge < -0.3 is 20.1 Å². The van der Waals surface area contributed by atoms with Gasteiger partial charge in [0.1, 0.15) is 6.61 Å². The maximum Gasteiger partial charge on any atom is 0.305 e. The van der Waals surface area contributed by atoms with E-state index >= 15 is 0 Å². The number of fused-ring (bicyclic) bond motifs is 1. The molecule has 31 heavy (non-hydrogen) atoms. The molecule has 168 valence electrons. The van der Waals surface area contributed by atoms with Crippen molar-refractivity contribution in [2.75, 3.05) is 13.2 Å². The van der Waals surface area contributed by atoms with Gasteiger partial charge in [0.05, 0.1) is 24.6 Å². The van der Waals surface area contributed by atoms with Crippen molar-refractivity contribution >= 4 is 17.8 Å². The monoisotopic (exact) mass is 428 g/mol. The first-order chi connectivity index (χ1) is 15.0. The SMILES string of the molecule is CC1COC(=O)CCCC=CCC(CC(=O)N2Cc3ccccc3CC2CO)C(=O)N1. The predicted molar refractivity (Wildman–Crippen MR) is 116 cm³/mol. The van der Waals surface area contributed by atoms with Crippen molar-refractivity contribution in [3.05, 3.63) is 47.5 Å². The van der Waals surface area contributed by atoms with E-state index in [9.17, 15) is 19.5 Å². The quantitative estimate of drug-likeness (QED) is 0.568. The molecule has 1 aromatic carbocycles. The fourth-order valence-electron chi connectivity index (χ4n) is 4.09. The van der Waals surface area contributed by atoms with E-state index in [1.165, 1.54) is 0 Å². The van der Waals surface area contributed by atoms with Gasteiger partial charge in [-0.15, -0.1) is 0 Å². The van der Waals surface area contributed by atoms with Gasteiger partial charge in [-0.05, 0) is 43.7 Å². The van der Waals surface area contributed by atoms with Crippen LogP contribution in [0.4, 0.5) is 0 Å². The van der Waals surface area contributed by atoms with Crippen LogP contribution in [0.5, 0.6) is 0 Å². The predicted octanol–water partition coefficient (Wildman–Crippen LogP) is 2.12. The third-order valence-electron chi connectivity index (χ3n) is 5.90. The van der Waals surface area contributed by atoms with Crippen molar-refractivity contribution in [1.82, 2.24) is 10.2 Å². The molecule has 0 aliphatic carbocycles. The van der Waals surface area contributed by atoms with E-state index in [0.717, 1.165) is 17.5 Å². The molecule has 0 radical (unpaired) electrons. The van der Waals surface area contributed by atoms with Gasteiger partial charge in [-0.1, -0.05) is 36.4 Å². The Labute approximate surface area is 183 Å². The van der Waals surface area contributed by atoms with Crippen LogP contribution in [0, 0.1) is 5.92 Å². The first-order valence-electron chi connectivity index (χ1n) is 11.1. The van der Waals surface area contributed by atoms with E-state index in [1.54, 1.807) is 11.8 Å². The second-order valence-corrected chi connectivity index (χ2v) is 8.42. The molecule has 0 spiro atoms. The third kappa shape index (κ3) is 6.40. The molecule has 2 amide bonds. The summed E-state index contributed by atoms with van der Waals surface area (Å²) in [5, 5.41) is 12.7. The molecule has 3 rings (SSSR count). The van der Waals surface area contributed by atoms with Crippen LogP contribution in [0.25, 0.3) is 0 Å². The molecule has 7 nitrogen and oxygen atoms in total. The first-order valence-corrected chi connectivity index (χ1v) is 11.1. The molecule has 2 N–H and O–H groups in total. The van der Waals surface area contributed by atoms with Crippen LogP contribution >= 0.6 is 0 Å². The molecule has 0 saturated heterocycles. The first kappa shape index (κ1) is 23.0. The van der Waals surface area contributed by atoms with Gasteiger partial charge in [-0.2, -0.15) is 0 Å². The number of carbonyl (C=O) groups excluding carboxylic acids is 3. The molecular weight excluding hydrogens is 396 g/mol. The average molecular weight is 429 g/mol. The summed E-state index contributed by atoms with van der Waals surface area (Å²) < 4.78 is 5.21. The minimum atomic E-state index is -0.515. The van der Waals surface area contributed by atoms with Gasteiger partial charge in [-0.25, -0.2) is 0 Å². The van der Waals surface area contributed by atoms with E-state index in [1.807, 2.05) is 36.4 Å². The lowest BCUT2D eigenvalue weighted by Gasteiger charge is -2.36. The highest BCUT2D eigenvalue weighted by Gasteiger charge is 2.32. The standard InChI is InChI=1S/C24H32N2O5/c1-17-16-31-23(29)11-5-3-2-4-9-19(24(30)25-17)13-22(28)26-14-20-10-7-6-8-18(20)12-21(26)15-27/h2,4,6-8,10,17,19,21,27H,3,5,9,11-16H2,1H3,(H,25,30). The molecule has 3 unspecified atom stereocenters. The van der Waals surface area contributed by atoms with E-state index in [2.05, 4.69) is 5.32 Å². The molecule has 3 atom stereocenters. The van der Waals surface area contributed by atoms with Gasteiger partial charge in [0.2, 0.25) is 11.8 Å². The number of ether oxygens (including phenoxy) is 1. The topological polar surface area (TPSA) is 95.9 Å². The van der Waals surface area contributed by atoms with Crippen LogP contribution in [0.15, 0.2) is 36.4 Å². The molecule has 0 fully saturated rings. The average Bonchev–Trinajstić information content (AvgIpc) is 2.78. The van der Waals surface area contributed by atoms with Crippen molar-refractivity contribution in [3.63, 3.8) is 0 Å². The van der Waals surface area contributed by atoms with Crippen LogP contribution in [0.3, 0.4) is 0 Å². The minimum absolute atomic E-state index is 0.0708. The zero-order valence-electron chi connectivity index (χ0n) is 18.1. The lowest BCUT2D eigenvalue weighted by molar-refractivity contribution is -0.145. The number of nitrogens with zero attached hydrogens (tertiary/aromatic N) is 1. The Kier molecular flexibility index (Phi) is 8.23. The van der Waals surface area contributed by atoms with Crippen LogP contribution in [0.1, 0.15) is 50.2 Å². The number of amides is 2.